The Balaban J connectivity index is 2.38. The number of aromatic amines is 1. The van der Waals surface area contributed by atoms with E-state index in [9.17, 15) is 29.3 Å². The van der Waals surface area contributed by atoms with Gasteiger partial charge in [0.2, 0.25) is 0 Å². The van der Waals surface area contributed by atoms with Crippen LogP contribution in [0.4, 0.5) is 17.2 Å². The van der Waals surface area contributed by atoms with Crippen LogP contribution in [-0.4, -0.2) is 32.1 Å². The molecule has 2 aromatic heterocycles. The summed E-state index contributed by atoms with van der Waals surface area (Å²) < 4.78 is 6.34. The second kappa shape index (κ2) is 7.07. The molecule has 1 aromatic carbocycles. The molecule has 3 aromatic rings. The van der Waals surface area contributed by atoms with E-state index in [4.69, 9.17) is 0 Å². The maximum absolute atomic E-state index is 12.8. The van der Waals surface area contributed by atoms with Gasteiger partial charge in [0.25, 0.3) is 11.0 Å². The third kappa shape index (κ3) is 3.05. The standard InChI is InChI=1S/C17H15N5O7/c1-20-14-10(15(24)21(2)17(20)26)12(23)11(22(27)28)13(19-14)18-9-7-5-4-6-8(9)16(25)29-3/h4-7H,1-3H3,(H2,18,19,23). The van der Waals surface area contributed by atoms with Crippen LogP contribution >= 0.6 is 0 Å². The number of anilines is 2. The first-order chi connectivity index (χ1) is 13.7. The molecule has 0 bridgehead atoms. The van der Waals surface area contributed by atoms with Crippen molar-refractivity contribution in [2.75, 3.05) is 12.4 Å². The summed E-state index contributed by atoms with van der Waals surface area (Å²) in [5.74, 6) is -1.10. The minimum absolute atomic E-state index is 0.0584. The fourth-order valence-corrected chi connectivity index (χ4v) is 2.88. The van der Waals surface area contributed by atoms with Crippen LogP contribution < -0.4 is 22.0 Å². The lowest BCUT2D eigenvalue weighted by atomic mass is 10.1. The number of aryl methyl sites for hydroxylation is 1. The fraction of sp³-hybridized carbons (Fsp3) is 0.176. The number of hydrogen-bond acceptors (Lipinski definition) is 8. The van der Waals surface area contributed by atoms with Gasteiger partial charge < -0.3 is 15.0 Å². The van der Waals surface area contributed by atoms with Crippen LogP contribution in [0.15, 0.2) is 38.6 Å². The number of rotatable bonds is 4. The molecule has 29 heavy (non-hydrogen) atoms. The van der Waals surface area contributed by atoms with Crippen molar-refractivity contribution in [2.24, 2.45) is 14.1 Å². The van der Waals surface area contributed by atoms with Gasteiger partial charge in [-0.25, -0.2) is 9.59 Å². The highest BCUT2D eigenvalue weighted by Gasteiger charge is 2.27. The van der Waals surface area contributed by atoms with Crippen molar-refractivity contribution in [2.45, 2.75) is 0 Å². The number of nitro groups is 1. The molecule has 0 fully saturated rings. The van der Waals surface area contributed by atoms with Crippen LogP contribution in [-0.2, 0) is 18.8 Å². The van der Waals surface area contributed by atoms with Crippen molar-refractivity contribution >= 4 is 34.2 Å². The number of hydrogen-bond donors (Lipinski definition) is 2. The highest BCUT2D eigenvalue weighted by molar-refractivity contribution is 5.97. The zero-order chi connectivity index (χ0) is 21.5. The summed E-state index contributed by atoms with van der Waals surface area (Å²) in [6.45, 7) is 0. The van der Waals surface area contributed by atoms with Crippen molar-refractivity contribution < 1.29 is 14.5 Å². The highest BCUT2D eigenvalue weighted by atomic mass is 16.6. The first-order valence-electron chi connectivity index (χ1n) is 8.13. The van der Waals surface area contributed by atoms with Gasteiger partial charge in [0.05, 0.1) is 23.3 Å². The normalized spacial score (nSPS) is 10.7. The van der Waals surface area contributed by atoms with Crippen LogP contribution in [0.25, 0.3) is 11.0 Å². The van der Waals surface area contributed by atoms with Crippen molar-refractivity contribution in [1.29, 1.82) is 0 Å². The highest BCUT2D eigenvalue weighted by Crippen LogP contribution is 2.26. The Bertz CT molecular complexity index is 1350. The first-order valence-corrected chi connectivity index (χ1v) is 8.13. The van der Waals surface area contributed by atoms with Crippen LogP contribution in [0.2, 0.25) is 0 Å². The molecule has 3 rings (SSSR count). The molecule has 2 heterocycles. The number of carbonyl (C=O) groups excluding carboxylic acids is 1. The minimum Gasteiger partial charge on any atom is -0.465 e. The van der Waals surface area contributed by atoms with E-state index in [0.29, 0.717) is 4.57 Å². The molecule has 2 N–H and O–H groups in total. The molecular weight excluding hydrogens is 386 g/mol. The average molecular weight is 401 g/mol. The van der Waals surface area contributed by atoms with Gasteiger partial charge in [0, 0.05) is 14.1 Å². The Hall–Kier alpha value is -4.22. The summed E-state index contributed by atoms with van der Waals surface area (Å²) in [6, 6.07) is 5.99. The molecule has 12 heteroatoms. The second-order valence-electron chi connectivity index (χ2n) is 6.03. The molecule has 0 amide bonds. The number of para-hydroxylation sites is 1. The summed E-state index contributed by atoms with van der Waals surface area (Å²) in [5.41, 5.74) is -3.83. The molecule has 12 nitrogen and oxygen atoms in total. The molecule has 0 unspecified atom stereocenters. The van der Waals surface area contributed by atoms with Crippen molar-refractivity contribution in [3.05, 3.63) is 71.0 Å². The number of esters is 1. The van der Waals surface area contributed by atoms with E-state index in [-0.39, 0.29) is 16.9 Å². The largest absolute Gasteiger partial charge is 0.465 e. The number of ether oxygens (including phenoxy) is 1. The van der Waals surface area contributed by atoms with Crippen LogP contribution in [0, 0.1) is 10.1 Å². The lowest BCUT2D eigenvalue weighted by Crippen LogP contribution is -2.39. The molecule has 0 aliphatic carbocycles. The monoisotopic (exact) mass is 401 g/mol. The van der Waals surface area contributed by atoms with Gasteiger partial charge in [-0.2, -0.15) is 0 Å². The van der Waals surface area contributed by atoms with E-state index >= 15 is 0 Å². The van der Waals surface area contributed by atoms with E-state index < -0.39 is 44.5 Å². The Morgan fingerprint density at radius 3 is 2.45 bits per heavy atom. The van der Waals surface area contributed by atoms with Gasteiger partial charge in [0.1, 0.15) is 11.0 Å². The number of nitrogens with one attached hydrogen (secondary N) is 2. The van der Waals surface area contributed by atoms with Gasteiger partial charge >= 0.3 is 17.3 Å². The molecular formula is C17H15N5O7. The van der Waals surface area contributed by atoms with Crippen molar-refractivity contribution in [1.82, 2.24) is 14.1 Å². The zero-order valence-electron chi connectivity index (χ0n) is 15.5. The summed E-state index contributed by atoms with van der Waals surface area (Å²) in [4.78, 5) is 62.5. The molecule has 0 atom stereocenters. The molecule has 0 saturated carbocycles. The van der Waals surface area contributed by atoms with Gasteiger partial charge in [-0.05, 0) is 12.1 Å². The van der Waals surface area contributed by atoms with E-state index in [1.165, 1.54) is 26.3 Å². The molecule has 0 aliphatic heterocycles. The van der Waals surface area contributed by atoms with Crippen LogP contribution in [0.1, 0.15) is 10.4 Å². The minimum atomic E-state index is -1.17. The van der Waals surface area contributed by atoms with Gasteiger partial charge in [-0.15, -0.1) is 0 Å². The van der Waals surface area contributed by atoms with Gasteiger partial charge in [-0.3, -0.25) is 28.8 Å². The van der Waals surface area contributed by atoms with E-state index in [0.717, 1.165) is 11.6 Å². The summed E-state index contributed by atoms with van der Waals surface area (Å²) in [5, 5.41) is 13.7. The summed E-state index contributed by atoms with van der Waals surface area (Å²) >= 11 is 0. The molecule has 0 aliphatic rings. The van der Waals surface area contributed by atoms with Crippen LogP contribution in [0.5, 0.6) is 0 Å². The predicted octanol–water partition coefficient (Wildman–Crippen LogP) is 0.364. The smallest absolute Gasteiger partial charge is 0.357 e. The van der Waals surface area contributed by atoms with Gasteiger partial charge in [-0.1, -0.05) is 12.1 Å². The van der Waals surface area contributed by atoms with E-state index in [1.54, 1.807) is 12.1 Å². The quantitative estimate of drug-likeness (QED) is 0.360. The molecule has 150 valence electrons. The maximum Gasteiger partial charge on any atom is 0.357 e. The SMILES string of the molecule is COC(=O)c1ccccc1Nc1[nH]c2c(c(=O)c1[N+](=O)[O-])c(=O)n(C)c(=O)n2C. The van der Waals surface area contributed by atoms with E-state index in [1.807, 2.05) is 0 Å². The Morgan fingerprint density at radius 1 is 1.17 bits per heavy atom. The second-order valence-corrected chi connectivity index (χ2v) is 6.03. The van der Waals surface area contributed by atoms with Crippen LogP contribution in [0.3, 0.4) is 0 Å². The lowest BCUT2D eigenvalue weighted by molar-refractivity contribution is -0.385. The Labute approximate surface area is 161 Å². The number of nitrogens with zero attached hydrogens (tertiary/aromatic N) is 3. The van der Waals surface area contributed by atoms with Crippen molar-refractivity contribution in [3.8, 4) is 0 Å². The third-order valence-corrected chi connectivity index (χ3v) is 4.36. The fourth-order valence-electron chi connectivity index (χ4n) is 2.88. The van der Waals surface area contributed by atoms with E-state index in [2.05, 4.69) is 15.0 Å². The first kappa shape index (κ1) is 19.5. The molecule has 0 spiro atoms. The number of benzene rings is 1. The lowest BCUT2D eigenvalue weighted by Gasteiger charge is -2.13. The Kier molecular flexibility index (Phi) is 4.76. The number of carbonyl (C=O) groups is 1. The number of methoxy groups -OCH3 is 1. The number of pyridine rings is 1. The van der Waals surface area contributed by atoms with Gasteiger partial charge in [0.15, 0.2) is 5.82 Å². The number of fused-ring (bicyclic) bond motifs is 1. The molecule has 0 radical (unpaired) electrons. The maximum atomic E-state index is 12.8. The van der Waals surface area contributed by atoms with Crippen molar-refractivity contribution in [3.63, 3.8) is 0 Å². The Morgan fingerprint density at radius 2 is 1.83 bits per heavy atom. The number of H-pyrrole nitrogens is 1. The predicted molar refractivity (Wildman–Crippen MR) is 103 cm³/mol. The average Bonchev–Trinajstić information content (AvgIpc) is 2.69. The topological polar surface area (TPSA) is 158 Å². The third-order valence-electron chi connectivity index (χ3n) is 4.36. The summed E-state index contributed by atoms with van der Waals surface area (Å²) in [7, 11) is 3.64. The summed E-state index contributed by atoms with van der Waals surface area (Å²) in [6.07, 6.45) is 0. The molecule has 0 saturated heterocycles. The number of aromatic nitrogens is 3. The zero-order valence-corrected chi connectivity index (χ0v) is 15.5.